The number of nitrogens with one attached hydrogen (secondary N) is 1. The van der Waals surface area contributed by atoms with Gasteiger partial charge in [0.25, 0.3) is 0 Å². The van der Waals surface area contributed by atoms with Gasteiger partial charge in [-0.3, -0.25) is 0 Å². The molecule has 1 N–H and O–H groups in total. The molecule has 0 amide bonds. The molecule has 0 spiro atoms. The largest absolute Gasteiger partial charge is 0.333 e. The van der Waals surface area contributed by atoms with Gasteiger partial charge in [-0.2, -0.15) is 0 Å². The molecule has 0 aromatic carbocycles. The molecule has 0 atom stereocenters. The summed E-state index contributed by atoms with van der Waals surface area (Å²) < 4.78 is 0. The van der Waals surface area contributed by atoms with Crippen LogP contribution in [0.1, 0.15) is 32.1 Å². The van der Waals surface area contributed by atoms with Gasteiger partial charge in [-0.25, -0.2) is 0 Å². The fourth-order valence-corrected chi connectivity index (χ4v) is 1.60. The predicted molar refractivity (Wildman–Crippen MR) is 50.0 cm³/mol. The van der Waals surface area contributed by atoms with Gasteiger partial charge in [0.2, 0.25) is 0 Å². The number of rotatable bonds is 2. The minimum Gasteiger partial charge on any atom is -0.333 e. The molecule has 0 heterocycles. The lowest BCUT2D eigenvalue weighted by Gasteiger charge is -2.32. The summed E-state index contributed by atoms with van der Waals surface area (Å²) in [6.45, 7) is 0. The smallest absolute Gasteiger partial charge is 0.0695 e. The molecule has 54 valence electrons. The van der Waals surface area contributed by atoms with E-state index in [0.29, 0.717) is 6.04 Å². The lowest BCUT2D eigenvalue weighted by atomic mass is 9.49. The third kappa shape index (κ3) is 3.90. The van der Waals surface area contributed by atoms with Crippen molar-refractivity contribution in [2.75, 3.05) is 0 Å². The lowest BCUT2D eigenvalue weighted by Crippen LogP contribution is -2.52. The summed E-state index contributed by atoms with van der Waals surface area (Å²) in [6, 6.07) is 0.420. The van der Waals surface area contributed by atoms with Gasteiger partial charge in [0.1, 0.15) is 0 Å². The second kappa shape index (κ2) is 3.71. The first-order valence-electron chi connectivity index (χ1n) is 4.22. The zero-order valence-electron chi connectivity index (χ0n) is 6.84. The molecule has 0 unspecified atom stereocenters. The van der Waals surface area contributed by atoms with Crippen molar-refractivity contribution < 1.29 is 0 Å². The second-order valence-corrected chi connectivity index (χ2v) is 3.41. The Bertz CT molecular complexity index is 115. The Labute approximate surface area is 72.9 Å². The van der Waals surface area contributed by atoms with Crippen molar-refractivity contribution in [3.05, 3.63) is 0 Å². The summed E-state index contributed by atoms with van der Waals surface area (Å²) in [7, 11) is 16.2. The molecule has 0 aromatic heterocycles. The van der Waals surface area contributed by atoms with Crippen LogP contribution in [-0.2, 0) is 0 Å². The second-order valence-electron chi connectivity index (χ2n) is 3.41. The molecule has 6 radical (unpaired) electrons. The van der Waals surface area contributed by atoms with Crippen molar-refractivity contribution in [2.24, 2.45) is 0 Å². The summed E-state index contributed by atoms with van der Waals surface area (Å²) in [4.78, 5) is 0. The van der Waals surface area contributed by atoms with Gasteiger partial charge in [-0.1, -0.05) is 24.5 Å². The summed E-state index contributed by atoms with van der Waals surface area (Å²) in [5, 5.41) is 1.80. The first-order valence-corrected chi connectivity index (χ1v) is 4.22. The molecule has 0 saturated heterocycles. The average Bonchev–Trinajstić information content (AvgIpc) is 1.85. The Kier molecular flexibility index (Phi) is 3.11. The van der Waals surface area contributed by atoms with Crippen LogP contribution in [0.15, 0.2) is 0 Å². The predicted octanol–water partition coefficient (Wildman–Crippen LogP) is 0.0255. The van der Waals surface area contributed by atoms with E-state index in [9.17, 15) is 0 Å². The maximum Gasteiger partial charge on any atom is 0.0695 e. The standard InChI is InChI=1S/C7H12B3N/c8-7(9,10)11-6-4-2-1-3-5-6/h6,11H,1-5H2. The van der Waals surface area contributed by atoms with E-state index in [1.807, 2.05) is 0 Å². The highest BCUT2D eigenvalue weighted by Crippen LogP contribution is 2.17. The highest BCUT2D eigenvalue weighted by Gasteiger charge is 2.17. The van der Waals surface area contributed by atoms with E-state index in [2.05, 4.69) is 5.32 Å². The van der Waals surface area contributed by atoms with Gasteiger partial charge in [-0.05, 0) is 12.8 Å². The molecule has 1 saturated carbocycles. The quantitative estimate of drug-likeness (QED) is 0.537. The Balaban J connectivity index is 2.24. The van der Waals surface area contributed by atoms with Crippen LogP contribution in [0.25, 0.3) is 0 Å². The Morgan fingerprint density at radius 1 is 1.00 bits per heavy atom. The van der Waals surface area contributed by atoms with Crippen LogP contribution in [0.4, 0.5) is 0 Å². The van der Waals surface area contributed by atoms with Crippen molar-refractivity contribution in [1.82, 2.24) is 5.32 Å². The molecule has 0 bridgehead atoms. The zero-order valence-corrected chi connectivity index (χ0v) is 6.84. The highest BCUT2D eigenvalue weighted by molar-refractivity contribution is 6.59. The molecule has 4 heteroatoms. The third-order valence-electron chi connectivity index (χ3n) is 2.06. The fourth-order valence-electron chi connectivity index (χ4n) is 1.60. The van der Waals surface area contributed by atoms with Crippen LogP contribution in [-0.4, -0.2) is 34.8 Å². The van der Waals surface area contributed by atoms with E-state index in [1.54, 1.807) is 0 Å². The maximum absolute atomic E-state index is 5.41. The number of hydrogen-bond acceptors (Lipinski definition) is 1. The molecular weight excluding hydrogens is 131 g/mol. The summed E-state index contributed by atoms with van der Waals surface area (Å²) in [6.07, 6.45) is 6.13. The van der Waals surface area contributed by atoms with Gasteiger partial charge >= 0.3 is 0 Å². The Hall–Kier alpha value is 0.155. The summed E-state index contributed by atoms with van der Waals surface area (Å²) >= 11 is 0. The fraction of sp³-hybridized carbons (Fsp3) is 1.00. The van der Waals surface area contributed by atoms with E-state index < -0.39 is 5.24 Å². The van der Waals surface area contributed by atoms with E-state index >= 15 is 0 Å². The average molecular weight is 143 g/mol. The van der Waals surface area contributed by atoms with E-state index in [0.717, 1.165) is 12.8 Å². The highest BCUT2D eigenvalue weighted by atomic mass is 14.9. The molecule has 1 nitrogen and oxygen atoms in total. The van der Waals surface area contributed by atoms with Crippen molar-refractivity contribution >= 4 is 23.5 Å². The molecule has 1 aliphatic carbocycles. The molecule has 11 heavy (non-hydrogen) atoms. The normalized spacial score (nSPS) is 21.8. The lowest BCUT2D eigenvalue weighted by molar-refractivity contribution is 0.375. The third-order valence-corrected chi connectivity index (χ3v) is 2.06. The summed E-state index contributed by atoms with van der Waals surface area (Å²) in [5.74, 6) is 0. The first kappa shape index (κ1) is 9.24. The minimum atomic E-state index is -1.19. The zero-order chi connectivity index (χ0) is 8.32. The van der Waals surface area contributed by atoms with Crippen LogP contribution in [0.5, 0.6) is 0 Å². The Morgan fingerprint density at radius 3 is 2.00 bits per heavy atom. The molecule has 0 aromatic rings. The molecular formula is C7H12B3N. The topological polar surface area (TPSA) is 12.0 Å². The van der Waals surface area contributed by atoms with Crippen LogP contribution >= 0.6 is 0 Å². The van der Waals surface area contributed by atoms with Gasteiger partial charge in [-0.15, -0.1) is 0 Å². The molecule has 1 fully saturated rings. The van der Waals surface area contributed by atoms with Crippen molar-refractivity contribution in [3.8, 4) is 0 Å². The van der Waals surface area contributed by atoms with E-state index in [1.165, 1.54) is 19.3 Å². The minimum absolute atomic E-state index is 0.420. The van der Waals surface area contributed by atoms with Gasteiger partial charge < -0.3 is 5.32 Å². The van der Waals surface area contributed by atoms with Crippen molar-refractivity contribution in [2.45, 2.75) is 43.4 Å². The summed E-state index contributed by atoms with van der Waals surface area (Å²) in [5.41, 5.74) is 0. The van der Waals surface area contributed by atoms with Crippen LogP contribution in [0.2, 0.25) is 0 Å². The van der Waals surface area contributed by atoms with Gasteiger partial charge in [0.05, 0.1) is 23.5 Å². The molecule has 0 aliphatic heterocycles. The monoisotopic (exact) mass is 143 g/mol. The van der Waals surface area contributed by atoms with Crippen LogP contribution < -0.4 is 5.32 Å². The Morgan fingerprint density at radius 2 is 1.55 bits per heavy atom. The SMILES string of the molecule is [B]C([B])([B])NC1CCCCC1. The van der Waals surface area contributed by atoms with Crippen LogP contribution in [0.3, 0.4) is 0 Å². The van der Waals surface area contributed by atoms with Gasteiger partial charge in [0.15, 0.2) is 0 Å². The van der Waals surface area contributed by atoms with Crippen molar-refractivity contribution in [1.29, 1.82) is 0 Å². The number of hydrogen-bond donors (Lipinski definition) is 1. The first-order chi connectivity index (χ1) is 5.08. The van der Waals surface area contributed by atoms with Gasteiger partial charge in [0, 0.05) is 6.04 Å². The van der Waals surface area contributed by atoms with Crippen molar-refractivity contribution in [3.63, 3.8) is 0 Å². The van der Waals surface area contributed by atoms with E-state index in [4.69, 9.17) is 23.5 Å². The maximum atomic E-state index is 5.41. The van der Waals surface area contributed by atoms with Crippen LogP contribution in [0, 0.1) is 0 Å². The van der Waals surface area contributed by atoms with E-state index in [-0.39, 0.29) is 0 Å². The molecule has 1 rings (SSSR count). The molecule has 1 aliphatic rings.